The minimum absolute atomic E-state index is 0.00523. The van der Waals surface area contributed by atoms with Gasteiger partial charge in [-0.25, -0.2) is 9.59 Å². The lowest BCUT2D eigenvalue weighted by Crippen LogP contribution is -2.25. The van der Waals surface area contributed by atoms with Gasteiger partial charge in [-0.05, 0) is 17.8 Å². The lowest BCUT2D eigenvalue weighted by molar-refractivity contribution is -0.137. The Kier molecular flexibility index (Phi) is 4.72. The van der Waals surface area contributed by atoms with Gasteiger partial charge in [0.2, 0.25) is 0 Å². The highest BCUT2D eigenvalue weighted by molar-refractivity contribution is 6.00. The molecule has 0 aliphatic rings. The number of hydrogen-bond acceptors (Lipinski definition) is 2. The first kappa shape index (κ1) is 14.7. The molecule has 0 bridgehead atoms. The Morgan fingerprint density at radius 2 is 1.56 bits per heavy atom. The van der Waals surface area contributed by atoms with Crippen LogP contribution in [0.15, 0.2) is 11.1 Å². The van der Waals surface area contributed by atoms with E-state index < -0.39 is 17.4 Å². The molecule has 2 N–H and O–H groups in total. The summed E-state index contributed by atoms with van der Waals surface area (Å²) in [6.07, 6.45) is 0.606. The molecular weight excluding hydrogens is 208 g/mol. The fourth-order valence-corrected chi connectivity index (χ4v) is 1.61. The molecule has 16 heavy (non-hydrogen) atoms. The van der Waals surface area contributed by atoms with Gasteiger partial charge in [-0.2, -0.15) is 0 Å². The molecule has 1 unspecified atom stereocenters. The third kappa shape index (κ3) is 3.36. The van der Waals surface area contributed by atoms with Crippen LogP contribution in [0.2, 0.25) is 0 Å². The van der Waals surface area contributed by atoms with Gasteiger partial charge in [0, 0.05) is 0 Å². The highest BCUT2D eigenvalue weighted by Crippen LogP contribution is 2.32. The van der Waals surface area contributed by atoms with Gasteiger partial charge in [0.1, 0.15) is 0 Å². The number of hydrogen-bond donors (Lipinski definition) is 2. The molecule has 0 fully saturated rings. The summed E-state index contributed by atoms with van der Waals surface area (Å²) in [6, 6.07) is 0. The van der Waals surface area contributed by atoms with Gasteiger partial charge >= 0.3 is 11.9 Å². The van der Waals surface area contributed by atoms with Crippen molar-refractivity contribution in [3.63, 3.8) is 0 Å². The van der Waals surface area contributed by atoms with Gasteiger partial charge in [-0.3, -0.25) is 0 Å². The molecule has 0 saturated heterocycles. The topological polar surface area (TPSA) is 74.6 Å². The molecule has 0 rings (SSSR count). The Labute approximate surface area is 96.0 Å². The van der Waals surface area contributed by atoms with Crippen LogP contribution in [0.1, 0.15) is 41.0 Å². The van der Waals surface area contributed by atoms with Crippen LogP contribution in [0.25, 0.3) is 0 Å². The van der Waals surface area contributed by atoms with Crippen LogP contribution in [0, 0.1) is 11.3 Å². The van der Waals surface area contributed by atoms with Gasteiger partial charge in [0.15, 0.2) is 0 Å². The molecule has 0 saturated carbocycles. The number of aliphatic carboxylic acids is 2. The third-order valence-corrected chi connectivity index (χ3v) is 2.57. The predicted octanol–water partition coefficient (Wildman–Crippen LogP) is 2.54. The van der Waals surface area contributed by atoms with Crippen molar-refractivity contribution < 1.29 is 19.8 Å². The molecule has 0 aromatic carbocycles. The van der Waals surface area contributed by atoms with Crippen molar-refractivity contribution in [3.05, 3.63) is 11.1 Å². The fraction of sp³-hybridized carbons (Fsp3) is 0.667. The highest BCUT2D eigenvalue weighted by Gasteiger charge is 2.32. The van der Waals surface area contributed by atoms with Crippen molar-refractivity contribution in [1.29, 1.82) is 0 Å². The molecule has 0 aromatic heterocycles. The molecule has 0 radical (unpaired) electrons. The standard InChI is InChI=1S/C12H20O4/c1-6-7(2)8(10(13)14)9(11(15)16)12(3,4)5/h7H,6H2,1-5H3,(H,13,14)(H,15,16). The molecule has 4 heteroatoms. The lowest BCUT2D eigenvalue weighted by Gasteiger charge is -2.24. The minimum atomic E-state index is -1.15. The summed E-state index contributed by atoms with van der Waals surface area (Å²) in [4.78, 5) is 22.4. The predicted molar refractivity (Wildman–Crippen MR) is 61.2 cm³/mol. The first-order valence-electron chi connectivity index (χ1n) is 5.34. The van der Waals surface area contributed by atoms with Crippen molar-refractivity contribution in [2.24, 2.45) is 11.3 Å². The van der Waals surface area contributed by atoms with Crippen molar-refractivity contribution in [1.82, 2.24) is 0 Å². The van der Waals surface area contributed by atoms with E-state index >= 15 is 0 Å². The summed E-state index contributed by atoms with van der Waals surface area (Å²) >= 11 is 0. The lowest BCUT2D eigenvalue weighted by atomic mass is 9.79. The number of carbonyl (C=O) groups is 2. The molecule has 0 spiro atoms. The van der Waals surface area contributed by atoms with Crippen molar-refractivity contribution >= 4 is 11.9 Å². The zero-order valence-electron chi connectivity index (χ0n) is 10.5. The van der Waals surface area contributed by atoms with Crippen LogP contribution in [0.3, 0.4) is 0 Å². The Hall–Kier alpha value is -1.32. The maximum Gasteiger partial charge on any atom is 0.332 e. The van der Waals surface area contributed by atoms with E-state index in [1.165, 1.54) is 0 Å². The smallest absolute Gasteiger partial charge is 0.332 e. The summed E-state index contributed by atoms with van der Waals surface area (Å²) in [6.45, 7) is 8.71. The van der Waals surface area contributed by atoms with E-state index in [1.807, 2.05) is 6.92 Å². The monoisotopic (exact) mass is 228 g/mol. The summed E-state index contributed by atoms with van der Waals surface area (Å²) in [5.41, 5.74) is -0.667. The largest absolute Gasteiger partial charge is 0.478 e. The molecule has 0 aliphatic heterocycles. The Morgan fingerprint density at radius 3 is 1.75 bits per heavy atom. The summed E-state index contributed by atoms with van der Waals surface area (Å²) in [7, 11) is 0. The van der Waals surface area contributed by atoms with Gasteiger partial charge in [0.05, 0.1) is 11.1 Å². The minimum Gasteiger partial charge on any atom is -0.478 e. The molecule has 1 atom stereocenters. The molecule has 0 aliphatic carbocycles. The highest BCUT2D eigenvalue weighted by atomic mass is 16.4. The first-order chi connectivity index (χ1) is 7.12. The van der Waals surface area contributed by atoms with E-state index in [1.54, 1.807) is 27.7 Å². The van der Waals surface area contributed by atoms with Crippen LogP contribution in [0.5, 0.6) is 0 Å². The molecule has 0 aromatic rings. The van der Waals surface area contributed by atoms with E-state index in [2.05, 4.69) is 0 Å². The second kappa shape index (κ2) is 5.14. The average Bonchev–Trinajstić information content (AvgIpc) is 2.09. The molecule has 92 valence electrons. The zero-order valence-corrected chi connectivity index (χ0v) is 10.5. The number of carboxylic acid groups (broad SMARTS) is 2. The van der Waals surface area contributed by atoms with E-state index in [4.69, 9.17) is 10.2 Å². The molecule has 4 nitrogen and oxygen atoms in total. The summed E-state index contributed by atoms with van der Waals surface area (Å²) < 4.78 is 0. The van der Waals surface area contributed by atoms with Gasteiger partial charge < -0.3 is 10.2 Å². The van der Waals surface area contributed by atoms with E-state index in [0.717, 1.165) is 0 Å². The van der Waals surface area contributed by atoms with Gasteiger partial charge in [-0.15, -0.1) is 0 Å². The van der Waals surface area contributed by atoms with Gasteiger partial charge in [-0.1, -0.05) is 34.6 Å². The van der Waals surface area contributed by atoms with Crippen LogP contribution < -0.4 is 0 Å². The van der Waals surface area contributed by atoms with Crippen molar-refractivity contribution in [2.45, 2.75) is 41.0 Å². The van der Waals surface area contributed by atoms with Crippen molar-refractivity contribution in [2.75, 3.05) is 0 Å². The quantitative estimate of drug-likeness (QED) is 0.725. The second-order valence-electron chi connectivity index (χ2n) is 4.96. The maximum absolute atomic E-state index is 11.2. The summed E-state index contributed by atoms with van der Waals surface area (Å²) in [5.74, 6) is -2.55. The maximum atomic E-state index is 11.2. The van der Waals surface area contributed by atoms with E-state index in [-0.39, 0.29) is 17.1 Å². The van der Waals surface area contributed by atoms with Crippen LogP contribution in [-0.4, -0.2) is 22.2 Å². The van der Waals surface area contributed by atoms with Crippen LogP contribution in [0.4, 0.5) is 0 Å². The first-order valence-corrected chi connectivity index (χ1v) is 5.34. The fourth-order valence-electron chi connectivity index (χ4n) is 1.61. The number of carboxylic acids is 2. The Balaban J connectivity index is 5.85. The Bertz CT molecular complexity index is 320. The van der Waals surface area contributed by atoms with Gasteiger partial charge in [0.25, 0.3) is 0 Å². The summed E-state index contributed by atoms with van der Waals surface area (Å²) in [5, 5.41) is 18.3. The second-order valence-corrected chi connectivity index (χ2v) is 4.96. The normalized spacial score (nSPS) is 15.3. The molecular formula is C12H20O4. The molecule has 0 amide bonds. The third-order valence-electron chi connectivity index (χ3n) is 2.57. The van der Waals surface area contributed by atoms with E-state index in [0.29, 0.717) is 6.42 Å². The number of rotatable bonds is 4. The molecule has 0 heterocycles. The average molecular weight is 228 g/mol. The van der Waals surface area contributed by atoms with E-state index in [9.17, 15) is 9.59 Å². The van der Waals surface area contributed by atoms with Crippen molar-refractivity contribution in [3.8, 4) is 0 Å². The van der Waals surface area contributed by atoms with Crippen LogP contribution >= 0.6 is 0 Å². The zero-order chi connectivity index (χ0) is 13.1. The Morgan fingerprint density at radius 1 is 1.12 bits per heavy atom. The SMILES string of the molecule is CCC(C)C(C(=O)O)=C(C(=O)O)C(C)(C)C. The van der Waals surface area contributed by atoms with Crippen LogP contribution in [-0.2, 0) is 9.59 Å².